The minimum absolute atomic E-state index is 0.0554. The first-order valence-electron chi connectivity index (χ1n) is 37.7. The van der Waals surface area contributed by atoms with Crippen LogP contribution in [-0.4, -0.2) is 0 Å². The highest BCUT2D eigenvalue weighted by molar-refractivity contribution is 5.65. The summed E-state index contributed by atoms with van der Waals surface area (Å²) in [5.41, 5.74) is 22.5. The van der Waals surface area contributed by atoms with Gasteiger partial charge >= 0.3 is 0 Å². The van der Waals surface area contributed by atoms with Crippen LogP contribution in [0, 0.1) is 55.2 Å². The quantitative estimate of drug-likeness (QED) is 0.122. The van der Waals surface area contributed by atoms with Crippen LogP contribution in [0.25, 0.3) is 56.3 Å². The summed E-state index contributed by atoms with van der Waals surface area (Å²) in [7, 11) is 9.84. The molecule has 0 unspecified atom stereocenters. The summed E-state index contributed by atoms with van der Waals surface area (Å²) >= 11 is 0. The van der Waals surface area contributed by atoms with E-state index in [1.54, 1.807) is 42.3 Å². The van der Waals surface area contributed by atoms with E-state index in [0.29, 0.717) is 0 Å². The number of nitrogens with zero attached hydrogens (tertiary/aromatic N) is 5. The van der Waals surface area contributed by atoms with Crippen molar-refractivity contribution in [2.75, 3.05) is 0 Å². The predicted molar refractivity (Wildman–Crippen MR) is 374 cm³/mol. The first kappa shape index (κ1) is 51.7. The molecule has 0 spiro atoms. The van der Waals surface area contributed by atoms with Crippen molar-refractivity contribution in [2.45, 2.75) is 158 Å². The fourth-order valence-electron chi connectivity index (χ4n) is 12.6. The maximum absolute atomic E-state index is 7.98. The Balaban J connectivity index is 0.000000161. The van der Waals surface area contributed by atoms with Crippen LogP contribution in [0.15, 0.2) is 195 Å². The number of rotatable bonds is 10. The van der Waals surface area contributed by atoms with Gasteiger partial charge in [0.1, 0.15) is 35.2 Å². The number of hydrogen-bond acceptors (Lipinski definition) is 0. The van der Waals surface area contributed by atoms with Gasteiger partial charge in [0, 0.05) is 103 Å². The van der Waals surface area contributed by atoms with Gasteiger partial charge in [-0.25, -0.2) is 22.8 Å². The lowest BCUT2D eigenvalue weighted by atomic mass is 9.95. The molecule has 89 heavy (non-hydrogen) atoms. The van der Waals surface area contributed by atoms with E-state index in [4.69, 9.17) is 16.4 Å². The zero-order valence-corrected chi connectivity index (χ0v) is 55.5. The van der Waals surface area contributed by atoms with Crippen molar-refractivity contribution in [2.24, 2.45) is 35.2 Å². The van der Waals surface area contributed by atoms with E-state index in [1.807, 2.05) is 99.2 Å². The van der Waals surface area contributed by atoms with E-state index < -0.39 is 32.8 Å². The predicted octanol–water partition coefficient (Wildman–Crippen LogP) is 18.4. The minimum Gasteiger partial charge on any atom is -0.201 e. The van der Waals surface area contributed by atoms with Gasteiger partial charge in [-0.15, -0.1) is 0 Å². The van der Waals surface area contributed by atoms with Crippen molar-refractivity contribution < 1.29 is 39.3 Å². The molecule has 2 aliphatic rings. The molecule has 5 heterocycles. The standard InChI is InChI=1S/2C18H22N.3C16H20N/c1-14-7-3-6-10-17(14)18-13-16(11-12-19(18)2)15-8-4-5-9-15;1-14-7-3-6-10-17(14)18-12-11-16(13-19(18)2)15-8-4-5-9-15;2*1-5-14-10-16(17(4)11-13(14)3)15-9-7-6-8-12(15)2;1-5-14-11-17(4)16(10-13(14)3)15-9-7-6-8-12(15)2/h2*3,6-7,10-13,15H,4-5,8-9H2,1-2H3;3*6-11H,5H2,1-4H3/q5*+1/i;;2*3D3,5D2;5D2. The van der Waals surface area contributed by atoms with E-state index in [0.717, 1.165) is 62.3 Å². The summed E-state index contributed by atoms with van der Waals surface area (Å²) in [6.45, 7) is 12.1. The van der Waals surface area contributed by atoms with Crippen molar-refractivity contribution >= 4 is 0 Å². The van der Waals surface area contributed by atoms with Crippen molar-refractivity contribution in [3.63, 3.8) is 0 Å². The SMILES string of the molecule is Cc1ccccc1-c1cc(C2CCCC2)cc[n+]1C.Cc1ccccc1-c1ccc(C2CCCC2)c[n+]1C.[2H]C([2H])(C)c1c[n+](C)c(-c2ccccc2C)cc1C.[2H]C([2H])([2H])c1c[n+](C)c(-c2ccccc2C)cc1C([2H])([2H])C.[2H]C([2H])([2H])c1c[n+](C)c(-c2ccccc2C)cc1C([2H])([2H])C. The molecule has 0 radical (unpaired) electrons. The molecular weight excluding hydrogens is 1080 g/mol. The summed E-state index contributed by atoms with van der Waals surface area (Å²) in [6, 6.07) is 55.8. The van der Waals surface area contributed by atoms with E-state index in [-0.39, 0.29) is 22.3 Å². The van der Waals surface area contributed by atoms with Crippen LogP contribution in [0.5, 0.6) is 0 Å². The number of hydrogen-bond donors (Lipinski definition) is 0. The van der Waals surface area contributed by atoms with Gasteiger partial charge in [0.2, 0.25) is 28.5 Å². The highest BCUT2D eigenvalue weighted by Crippen LogP contribution is 2.36. The van der Waals surface area contributed by atoms with Crippen LogP contribution in [0.4, 0.5) is 0 Å². The fourth-order valence-corrected chi connectivity index (χ4v) is 12.6. The Morgan fingerprint density at radius 3 is 1.03 bits per heavy atom. The molecule has 2 saturated carbocycles. The van der Waals surface area contributed by atoms with E-state index >= 15 is 0 Å². The van der Waals surface area contributed by atoms with Crippen molar-refractivity contribution in [1.82, 2.24) is 0 Å². The average molecular weight is 1200 g/mol. The van der Waals surface area contributed by atoms with Gasteiger partial charge in [0.05, 0.1) is 0 Å². The number of aryl methyl sites for hydroxylation is 16. The van der Waals surface area contributed by atoms with Crippen LogP contribution < -0.4 is 22.8 Å². The van der Waals surface area contributed by atoms with E-state index in [9.17, 15) is 0 Å². The molecule has 10 aromatic rings. The molecular formula is C84H104N5+5. The number of benzene rings is 5. The van der Waals surface area contributed by atoms with Gasteiger partial charge in [-0.05, 0) is 198 Å². The Kier molecular flexibility index (Phi) is 18.5. The second-order valence-electron chi connectivity index (χ2n) is 24.3. The Labute approximate surface area is 554 Å². The highest BCUT2D eigenvalue weighted by atomic mass is 14.9. The first-order chi connectivity index (χ1) is 47.3. The molecule has 5 aromatic carbocycles. The largest absolute Gasteiger partial charge is 0.212 e. The summed E-state index contributed by atoms with van der Waals surface area (Å²) in [4.78, 5) is 0. The first-order valence-corrected chi connectivity index (χ1v) is 31.7. The zero-order valence-electron chi connectivity index (χ0n) is 67.5. The third-order valence-electron chi connectivity index (χ3n) is 17.9. The summed E-state index contributed by atoms with van der Waals surface area (Å²) in [5.74, 6) is 1.57. The molecule has 5 nitrogen and oxygen atoms in total. The molecule has 0 bridgehead atoms. The Bertz CT molecular complexity index is 4380. The summed E-state index contributed by atoms with van der Waals surface area (Å²) < 4.78 is 104. The van der Waals surface area contributed by atoms with Gasteiger partial charge in [-0.3, -0.25) is 0 Å². The molecule has 0 aliphatic heterocycles. The zero-order chi connectivity index (χ0) is 74.1. The molecule has 0 saturated heterocycles. The van der Waals surface area contributed by atoms with Gasteiger partial charge in [0.25, 0.3) is 0 Å². The molecule has 0 amide bonds. The van der Waals surface area contributed by atoms with Crippen molar-refractivity contribution in [1.29, 1.82) is 0 Å². The second kappa shape index (κ2) is 31.8. The van der Waals surface area contributed by atoms with Crippen molar-refractivity contribution in [3.05, 3.63) is 267 Å². The number of aromatic nitrogens is 5. The molecule has 0 atom stereocenters. The Morgan fingerprint density at radius 1 is 0.326 bits per heavy atom. The smallest absolute Gasteiger partial charge is 0.201 e. The third kappa shape index (κ3) is 17.0. The molecule has 5 heteroatoms. The van der Waals surface area contributed by atoms with Gasteiger partial charge in [-0.2, -0.15) is 0 Å². The average Bonchev–Trinajstić information content (AvgIpc) is 1.24. The minimum atomic E-state index is -2.35. The maximum atomic E-state index is 7.98. The van der Waals surface area contributed by atoms with E-state index in [2.05, 4.69) is 147 Å². The molecule has 2 fully saturated rings. The van der Waals surface area contributed by atoms with Gasteiger partial charge in [0.15, 0.2) is 31.0 Å². The Morgan fingerprint density at radius 2 is 0.663 bits per heavy atom. The summed E-state index contributed by atoms with van der Waals surface area (Å²) in [5, 5.41) is 0. The van der Waals surface area contributed by atoms with Gasteiger partial charge in [-0.1, -0.05) is 137 Å². The molecule has 460 valence electrons. The third-order valence-corrected chi connectivity index (χ3v) is 17.9. The van der Waals surface area contributed by atoms with Crippen molar-refractivity contribution in [3.8, 4) is 56.3 Å². The number of pyridine rings is 5. The maximum Gasteiger partial charge on any atom is 0.212 e. The molecule has 2 aliphatic carbocycles. The molecule has 0 N–H and O–H groups in total. The van der Waals surface area contributed by atoms with Crippen LogP contribution in [0.3, 0.4) is 0 Å². The lowest BCUT2D eigenvalue weighted by Gasteiger charge is -2.11. The lowest BCUT2D eigenvalue weighted by Crippen LogP contribution is -2.32. The monoisotopic (exact) mass is 1190 g/mol. The summed E-state index contributed by atoms with van der Waals surface area (Å²) in [6.07, 6.45) is 15.8. The van der Waals surface area contributed by atoms with Gasteiger partial charge < -0.3 is 0 Å². The normalized spacial score (nSPS) is 15.6. The highest BCUT2D eigenvalue weighted by Gasteiger charge is 2.24. The van der Waals surface area contributed by atoms with Crippen LogP contribution in [0.1, 0.15) is 173 Å². The molecule has 12 rings (SSSR count). The lowest BCUT2D eigenvalue weighted by molar-refractivity contribution is -0.661. The van der Waals surface area contributed by atoms with Crippen LogP contribution >= 0.6 is 0 Å². The van der Waals surface area contributed by atoms with Crippen LogP contribution in [-0.2, 0) is 54.4 Å². The van der Waals surface area contributed by atoms with E-state index in [1.165, 1.54) is 134 Å². The topological polar surface area (TPSA) is 19.4 Å². The van der Waals surface area contributed by atoms with Crippen LogP contribution in [0.2, 0.25) is 0 Å². The fraction of sp³-hybridized carbons (Fsp3) is 0.345. The Hall–Kier alpha value is -8.15. The second-order valence-corrected chi connectivity index (χ2v) is 24.3. The molecule has 5 aromatic heterocycles.